The third-order valence-electron chi connectivity index (χ3n) is 5.95. The Hall–Kier alpha value is -2.86. The number of nitrogens with one attached hydrogen (secondary N) is 1. The largest absolute Gasteiger partial charge is 0.452 e. The Kier molecular flexibility index (Phi) is 5.64. The Balaban J connectivity index is 1.43. The molecule has 1 N–H and O–H groups in total. The fourth-order valence-corrected chi connectivity index (χ4v) is 4.77. The van der Waals surface area contributed by atoms with Crippen LogP contribution >= 0.6 is 11.8 Å². The molecule has 0 amide bonds. The molecule has 0 saturated heterocycles. The third kappa shape index (κ3) is 4.44. The van der Waals surface area contributed by atoms with E-state index in [1.807, 2.05) is 18.2 Å². The van der Waals surface area contributed by atoms with E-state index < -0.39 is 0 Å². The first-order chi connectivity index (χ1) is 15.2. The molecule has 0 spiro atoms. The maximum absolute atomic E-state index is 6.46. The minimum absolute atomic E-state index is 0.140. The zero-order valence-electron chi connectivity index (χ0n) is 17.8. The number of aryl methyl sites for hydroxylation is 1. The highest BCUT2D eigenvalue weighted by atomic mass is 32.2. The summed E-state index contributed by atoms with van der Waals surface area (Å²) in [6.07, 6.45) is 5.41. The van der Waals surface area contributed by atoms with E-state index in [2.05, 4.69) is 65.8 Å². The zero-order chi connectivity index (χ0) is 21.2. The Morgan fingerprint density at radius 3 is 2.71 bits per heavy atom. The number of rotatable bonds is 4. The van der Waals surface area contributed by atoms with Crippen molar-refractivity contribution in [3.63, 3.8) is 0 Å². The molecule has 158 valence electrons. The molecular formula is C25H26N4OS. The Morgan fingerprint density at radius 2 is 1.90 bits per heavy atom. The van der Waals surface area contributed by atoms with Gasteiger partial charge in [0.05, 0.1) is 0 Å². The number of hydrogen-bond donors (Lipinski definition) is 1. The molecule has 1 aliphatic carbocycles. The lowest BCUT2D eigenvalue weighted by atomic mass is 9.89. The number of fused-ring (bicyclic) bond motifs is 3. The summed E-state index contributed by atoms with van der Waals surface area (Å²) in [6, 6.07) is 16.7. The van der Waals surface area contributed by atoms with Gasteiger partial charge in [0.15, 0.2) is 11.9 Å². The molecule has 5 nitrogen and oxygen atoms in total. The van der Waals surface area contributed by atoms with Gasteiger partial charge >= 0.3 is 0 Å². The molecule has 2 atom stereocenters. The number of benzene rings is 2. The van der Waals surface area contributed by atoms with Gasteiger partial charge in [-0.25, -0.2) is 0 Å². The summed E-state index contributed by atoms with van der Waals surface area (Å²) in [4.78, 5) is 4.78. The van der Waals surface area contributed by atoms with Gasteiger partial charge in [-0.2, -0.15) is 4.98 Å². The quantitative estimate of drug-likeness (QED) is 0.404. The van der Waals surface area contributed by atoms with Gasteiger partial charge in [0.2, 0.25) is 11.0 Å². The summed E-state index contributed by atoms with van der Waals surface area (Å²) in [5.74, 6) is 1.75. The Morgan fingerprint density at radius 1 is 1.06 bits per heavy atom. The molecule has 1 aliphatic heterocycles. The standard InChI is InChI=1S/C25H26N4OS/c1-16-7-11-18(12-8-16)15-31-25-27-24-22(28-29-25)20-5-3-4-6-21(20)26-23(30-24)19-13-9-17(2)10-14-19/h3-9,11-12,19,23,26H,10,13-15H2,1-2H3. The van der Waals surface area contributed by atoms with Crippen LogP contribution in [0.1, 0.15) is 37.3 Å². The number of anilines is 1. The molecule has 2 unspecified atom stereocenters. The molecule has 5 rings (SSSR count). The highest BCUT2D eigenvalue weighted by Gasteiger charge is 2.31. The topological polar surface area (TPSA) is 59.9 Å². The van der Waals surface area contributed by atoms with Crippen molar-refractivity contribution in [3.8, 4) is 17.1 Å². The summed E-state index contributed by atoms with van der Waals surface area (Å²) in [7, 11) is 0. The maximum atomic E-state index is 6.46. The van der Waals surface area contributed by atoms with E-state index in [4.69, 9.17) is 9.72 Å². The van der Waals surface area contributed by atoms with E-state index >= 15 is 0 Å². The van der Waals surface area contributed by atoms with E-state index in [0.29, 0.717) is 22.6 Å². The van der Waals surface area contributed by atoms with Gasteiger partial charge in [-0.1, -0.05) is 71.4 Å². The lowest BCUT2D eigenvalue weighted by molar-refractivity contribution is 0.145. The smallest absolute Gasteiger partial charge is 0.247 e. The summed E-state index contributed by atoms with van der Waals surface area (Å²) >= 11 is 1.58. The lowest BCUT2D eigenvalue weighted by Crippen LogP contribution is -2.35. The van der Waals surface area contributed by atoms with Gasteiger partial charge in [-0.15, -0.1) is 10.2 Å². The Bertz CT molecular complexity index is 1110. The molecule has 2 aromatic carbocycles. The van der Waals surface area contributed by atoms with Crippen LogP contribution in [0.3, 0.4) is 0 Å². The summed E-state index contributed by atoms with van der Waals surface area (Å²) < 4.78 is 6.46. The summed E-state index contributed by atoms with van der Waals surface area (Å²) in [5.41, 5.74) is 6.67. The van der Waals surface area contributed by atoms with Gasteiger partial charge < -0.3 is 10.1 Å². The van der Waals surface area contributed by atoms with Crippen LogP contribution in [-0.4, -0.2) is 21.4 Å². The third-order valence-corrected chi connectivity index (χ3v) is 6.86. The number of ether oxygens (including phenoxy) is 1. The van der Waals surface area contributed by atoms with Crippen LogP contribution in [0.2, 0.25) is 0 Å². The van der Waals surface area contributed by atoms with Gasteiger partial charge in [-0.3, -0.25) is 0 Å². The van der Waals surface area contributed by atoms with Crippen LogP contribution in [0.4, 0.5) is 5.69 Å². The highest BCUT2D eigenvalue weighted by Crippen LogP contribution is 2.39. The van der Waals surface area contributed by atoms with Crippen molar-refractivity contribution in [3.05, 3.63) is 71.3 Å². The Labute approximate surface area is 187 Å². The van der Waals surface area contributed by atoms with Crippen molar-refractivity contribution < 1.29 is 4.74 Å². The van der Waals surface area contributed by atoms with E-state index in [0.717, 1.165) is 36.3 Å². The van der Waals surface area contributed by atoms with E-state index in [-0.39, 0.29) is 6.23 Å². The number of allylic oxidation sites excluding steroid dienone is 2. The van der Waals surface area contributed by atoms with Crippen molar-refractivity contribution in [2.75, 3.05) is 5.32 Å². The highest BCUT2D eigenvalue weighted by molar-refractivity contribution is 7.98. The monoisotopic (exact) mass is 430 g/mol. The SMILES string of the molecule is CC1=CCC(C2Nc3ccccc3-c3nnc(SCc4ccc(C)cc4)nc3O2)CC1. The average molecular weight is 431 g/mol. The fourth-order valence-electron chi connectivity index (χ4n) is 4.04. The molecule has 3 aromatic rings. The normalized spacial score (nSPS) is 19.9. The molecular weight excluding hydrogens is 404 g/mol. The average Bonchev–Trinajstić information content (AvgIpc) is 2.96. The first kappa shape index (κ1) is 20.1. The number of hydrogen-bond acceptors (Lipinski definition) is 6. The number of aromatic nitrogens is 3. The lowest BCUT2D eigenvalue weighted by Gasteiger charge is -2.29. The first-order valence-corrected chi connectivity index (χ1v) is 11.8. The van der Waals surface area contributed by atoms with E-state index in [1.165, 1.54) is 16.7 Å². The number of para-hydroxylation sites is 1. The maximum Gasteiger partial charge on any atom is 0.247 e. The fraction of sp³-hybridized carbons (Fsp3) is 0.320. The molecule has 31 heavy (non-hydrogen) atoms. The van der Waals surface area contributed by atoms with E-state index in [1.54, 1.807) is 11.8 Å². The molecule has 0 fully saturated rings. The summed E-state index contributed by atoms with van der Waals surface area (Å²) in [6.45, 7) is 4.30. The van der Waals surface area contributed by atoms with Crippen molar-refractivity contribution >= 4 is 17.4 Å². The molecule has 2 aliphatic rings. The molecule has 2 heterocycles. The molecule has 0 saturated carbocycles. The van der Waals surface area contributed by atoms with Crippen LogP contribution in [-0.2, 0) is 5.75 Å². The van der Waals surface area contributed by atoms with Gasteiger partial charge in [0, 0.05) is 22.9 Å². The number of thioether (sulfide) groups is 1. The predicted molar refractivity (Wildman–Crippen MR) is 125 cm³/mol. The van der Waals surface area contributed by atoms with Crippen molar-refractivity contribution in [1.29, 1.82) is 0 Å². The first-order valence-electron chi connectivity index (χ1n) is 10.8. The number of nitrogens with zero attached hydrogens (tertiary/aromatic N) is 3. The minimum Gasteiger partial charge on any atom is -0.452 e. The zero-order valence-corrected chi connectivity index (χ0v) is 18.7. The van der Waals surface area contributed by atoms with Crippen LogP contribution in [0, 0.1) is 12.8 Å². The second-order valence-electron chi connectivity index (χ2n) is 8.34. The van der Waals surface area contributed by atoms with Crippen LogP contribution < -0.4 is 10.1 Å². The second-order valence-corrected chi connectivity index (χ2v) is 9.28. The van der Waals surface area contributed by atoms with E-state index in [9.17, 15) is 0 Å². The van der Waals surface area contributed by atoms with Gasteiger partial charge in [-0.05, 0) is 44.7 Å². The van der Waals surface area contributed by atoms with Crippen LogP contribution in [0.25, 0.3) is 11.3 Å². The van der Waals surface area contributed by atoms with Crippen LogP contribution in [0.15, 0.2) is 65.3 Å². The minimum atomic E-state index is -0.140. The summed E-state index contributed by atoms with van der Waals surface area (Å²) in [5, 5.41) is 13.2. The van der Waals surface area contributed by atoms with Crippen LogP contribution in [0.5, 0.6) is 5.88 Å². The second kappa shape index (κ2) is 8.71. The van der Waals surface area contributed by atoms with Crippen molar-refractivity contribution in [1.82, 2.24) is 15.2 Å². The molecule has 6 heteroatoms. The molecule has 1 aromatic heterocycles. The predicted octanol–water partition coefficient (Wildman–Crippen LogP) is 6.02. The van der Waals surface area contributed by atoms with Gasteiger partial charge in [0.25, 0.3) is 0 Å². The molecule has 0 radical (unpaired) electrons. The van der Waals surface area contributed by atoms with Crippen molar-refractivity contribution in [2.45, 2.75) is 50.2 Å². The molecule has 0 bridgehead atoms. The van der Waals surface area contributed by atoms with Gasteiger partial charge in [0.1, 0.15) is 0 Å². The van der Waals surface area contributed by atoms with Crippen molar-refractivity contribution in [2.24, 2.45) is 5.92 Å².